The van der Waals surface area contributed by atoms with Crippen LogP contribution in [0.1, 0.15) is 22.3 Å². The number of carbonyl (C=O) groups excluding carboxylic acids is 2. The minimum atomic E-state index is -0.188. The van der Waals surface area contributed by atoms with Crippen molar-refractivity contribution >= 4 is 28.9 Å². The average Bonchev–Trinajstić information content (AvgIpc) is 2.68. The number of pyridine rings is 1. The number of amides is 2. The molecule has 2 aliphatic rings. The van der Waals surface area contributed by atoms with Gasteiger partial charge in [0, 0.05) is 37.0 Å². The van der Waals surface area contributed by atoms with Crippen molar-refractivity contribution in [1.29, 1.82) is 0 Å². The highest BCUT2D eigenvalue weighted by atomic mass is 16.5. The summed E-state index contributed by atoms with van der Waals surface area (Å²) in [6, 6.07) is 7.26. The van der Waals surface area contributed by atoms with Crippen LogP contribution in [0, 0.1) is 0 Å². The van der Waals surface area contributed by atoms with E-state index in [1.165, 1.54) is 0 Å². The number of nitrogens with zero attached hydrogens (tertiary/aromatic N) is 2. The van der Waals surface area contributed by atoms with E-state index in [0.29, 0.717) is 37.3 Å². The first-order chi connectivity index (χ1) is 12.7. The Hall–Kier alpha value is -2.93. The number of benzene rings is 1. The largest absolute Gasteiger partial charge is 0.378 e. The number of fused-ring (bicyclic) bond motifs is 1. The van der Waals surface area contributed by atoms with E-state index in [0.717, 1.165) is 30.0 Å². The second-order valence-corrected chi connectivity index (χ2v) is 6.37. The van der Waals surface area contributed by atoms with Crippen LogP contribution in [-0.4, -0.2) is 43.1 Å². The maximum Gasteiger partial charge on any atom is 0.255 e. The van der Waals surface area contributed by atoms with Gasteiger partial charge in [0.25, 0.3) is 5.91 Å². The Morgan fingerprint density at radius 3 is 2.88 bits per heavy atom. The zero-order valence-corrected chi connectivity index (χ0v) is 14.3. The summed E-state index contributed by atoms with van der Waals surface area (Å²) < 4.78 is 5.40. The normalized spacial score (nSPS) is 16.6. The van der Waals surface area contributed by atoms with E-state index < -0.39 is 0 Å². The molecule has 0 aliphatic carbocycles. The van der Waals surface area contributed by atoms with Gasteiger partial charge in [-0.05, 0) is 36.2 Å². The maximum atomic E-state index is 12.7. The molecule has 0 spiro atoms. The van der Waals surface area contributed by atoms with Gasteiger partial charge in [0.1, 0.15) is 0 Å². The molecule has 0 unspecified atom stereocenters. The summed E-state index contributed by atoms with van der Waals surface area (Å²) in [6.45, 7) is 2.91. The number of aromatic nitrogens is 1. The smallest absolute Gasteiger partial charge is 0.255 e. The molecule has 0 saturated carbocycles. The van der Waals surface area contributed by atoms with Crippen LogP contribution in [0.15, 0.2) is 36.7 Å². The van der Waals surface area contributed by atoms with E-state index in [9.17, 15) is 9.59 Å². The highest BCUT2D eigenvalue weighted by Gasteiger charge is 2.19. The van der Waals surface area contributed by atoms with Crippen molar-refractivity contribution in [3.8, 4) is 0 Å². The van der Waals surface area contributed by atoms with E-state index in [2.05, 4.69) is 20.5 Å². The first-order valence-electron chi connectivity index (χ1n) is 8.71. The van der Waals surface area contributed by atoms with E-state index in [4.69, 9.17) is 4.74 Å². The fraction of sp³-hybridized carbons (Fsp3) is 0.316. The minimum Gasteiger partial charge on any atom is -0.378 e. The van der Waals surface area contributed by atoms with Crippen LogP contribution in [0.2, 0.25) is 0 Å². The maximum absolute atomic E-state index is 12.7. The fourth-order valence-corrected chi connectivity index (χ4v) is 3.28. The third-order valence-electron chi connectivity index (χ3n) is 4.66. The molecular weight excluding hydrogens is 332 g/mol. The van der Waals surface area contributed by atoms with E-state index in [1.807, 2.05) is 12.1 Å². The molecule has 4 rings (SSSR count). The number of nitrogens with one attached hydrogen (secondary N) is 2. The van der Waals surface area contributed by atoms with Gasteiger partial charge in [-0.25, -0.2) is 0 Å². The molecule has 7 nitrogen and oxygen atoms in total. The molecule has 3 heterocycles. The number of morpholine rings is 1. The van der Waals surface area contributed by atoms with E-state index in [1.54, 1.807) is 24.5 Å². The second-order valence-electron chi connectivity index (χ2n) is 6.37. The van der Waals surface area contributed by atoms with Crippen molar-refractivity contribution in [3.05, 3.63) is 47.8 Å². The molecule has 2 N–H and O–H groups in total. The summed E-state index contributed by atoms with van der Waals surface area (Å²) in [5.74, 6) is -0.174. The van der Waals surface area contributed by atoms with Crippen molar-refractivity contribution in [2.75, 3.05) is 41.8 Å². The van der Waals surface area contributed by atoms with E-state index in [-0.39, 0.29) is 11.8 Å². The van der Waals surface area contributed by atoms with Gasteiger partial charge < -0.3 is 20.3 Å². The van der Waals surface area contributed by atoms with Crippen LogP contribution < -0.4 is 15.5 Å². The monoisotopic (exact) mass is 352 g/mol. The Kier molecular flexibility index (Phi) is 4.53. The quantitative estimate of drug-likeness (QED) is 0.883. The van der Waals surface area contributed by atoms with Crippen molar-refractivity contribution in [2.45, 2.75) is 12.8 Å². The Morgan fingerprint density at radius 1 is 1.19 bits per heavy atom. The number of rotatable bonds is 3. The molecule has 1 fully saturated rings. The molecule has 2 aromatic rings. The third-order valence-corrected chi connectivity index (χ3v) is 4.66. The van der Waals surface area contributed by atoms with Gasteiger partial charge in [0.15, 0.2) is 0 Å². The number of carbonyl (C=O) groups is 2. The number of aryl methyl sites for hydroxylation is 1. The van der Waals surface area contributed by atoms with Crippen molar-refractivity contribution in [3.63, 3.8) is 0 Å². The molecular formula is C19H20N4O3. The van der Waals surface area contributed by atoms with Crippen molar-refractivity contribution < 1.29 is 14.3 Å². The van der Waals surface area contributed by atoms with Crippen LogP contribution in [0.4, 0.5) is 17.1 Å². The zero-order valence-electron chi connectivity index (χ0n) is 14.3. The fourth-order valence-electron chi connectivity index (χ4n) is 3.28. The lowest BCUT2D eigenvalue weighted by atomic mass is 10.00. The van der Waals surface area contributed by atoms with Gasteiger partial charge in [-0.2, -0.15) is 0 Å². The van der Waals surface area contributed by atoms with Gasteiger partial charge in [-0.3, -0.25) is 14.6 Å². The Morgan fingerprint density at radius 2 is 2.04 bits per heavy atom. The standard InChI is InChI=1S/C19H20N4O3/c24-18-4-2-13-11-14(1-3-15(13)21-18)19(25)22-16-12-20-6-5-17(16)23-7-9-26-10-8-23/h1,3,5-6,11-12H,2,4,7-10H2,(H,21,24)(H,22,25). The Labute approximate surface area is 151 Å². The highest BCUT2D eigenvalue weighted by molar-refractivity contribution is 6.06. The second kappa shape index (κ2) is 7.13. The number of anilines is 3. The lowest BCUT2D eigenvalue weighted by Gasteiger charge is -2.30. The predicted octanol–water partition coefficient (Wildman–Crippen LogP) is 2.06. The minimum absolute atomic E-state index is 0.0141. The molecule has 2 amide bonds. The molecule has 7 heteroatoms. The van der Waals surface area contributed by atoms with Crippen LogP contribution in [0.5, 0.6) is 0 Å². The highest BCUT2D eigenvalue weighted by Crippen LogP contribution is 2.27. The first-order valence-corrected chi connectivity index (χ1v) is 8.71. The van der Waals surface area contributed by atoms with Crippen LogP contribution >= 0.6 is 0 Å². The summed E-state index contributed by atoms with van der Waals surface area (Å²) >= 11 is 0. The Balaban J connectivity index is 1.54. The van der Waals surface area contributed by atoms with E-state index >= 15 is 0 Å². The molecule has 1 aromatic carbocycles. The summed E-state index contributed by atoms with van der Waals surface area (Å²) in [6.07, 6.45) is 4.49. The number of hydrogen-bond donors (Lipinski definition) is 2. The van der Waals surface area contributed by atoms with Gasteiger partial charge in [-0.1, -0.05) is 0 Å². The third kappa shape index (κ3) is 3.39. The summed E-state index contributed by atoms with van der Waals surface area (Å²) in [5.41, 5.74) is 3.97. The predicted molar refractivity (Wildman–Crippen MR) is 98.6 cm³/mol. The summed E-state index contributed by atoms with van der Waals surface area (Å²) in [5, 5.41) is 5.80. The summed E-state index contributed by atoms with van der Waals surface area (Å²) in [4.78, 5) is 30.5. The molecule has 0 atom stereocenters. The SMILES string of the molecule is O=C1CCc2cc(C(=O)Nc3cnccc3N3CCOCC3)ccc2N1. The zero-order chi connectivity index (χ0) is 17.9. The number of hydrogen-bond acceptors (Lipinski definition) is 5. The van der Waals surface area contributed by atoms with Crippen LogP contribution in [0.25, 0.3) is 0 Å². The molecule has 26 heavy (non-hydrogen) atoms. The molecule has 134 valence electrons. The van der Waals surface area contributed by atoms with Gasteiger partial charge in [-0.15, -0.1) is 0 Å². The lowest BCUT2D eigenvalue weighted by molar-refractivity contribution is -0.116. The van der Waals surface area contributed by atoms with Gasteiger partial charge in [0.2, 0.25) is 5.91 Å². The molecule has 0 radical (unpaired) electrons. The average molecular weight is 352 g/mol. The molecule has 1 saturated heterocycles. The van der Waals surface area contributed by atoms with Crippen LogP contribution in [0.3, 0.4) is 0 Å². The van der Waals surface area contributed by atoms with Gasteiger partial charge in [0.05, 0.1) is 30.8 Å². The Bertz CT molecular complexity index is 846. The van der Waals surface area contributed by atoms with Crippen molar-refractivity contribution in [1.82, 2.24) is 4.98 Å². The topological polar surface area (TPSA) is 83.6 Å². The summed E-state index contributed by atoms with van der Waals surface area (Å²) in [7, 11) is 0. The van der Waals surface area contributed by atoms with Crippen molar-refractivity contribution in [2.24, 2.45) is 0 Å². The number of ether oxygens (including phenoxy) is 1. The van der Waals surface area contributed by atoms with Crippen LogP contribution in [-0.2, 0) is 16.0 Å². The molecule has 1 aromatic heterocycles. The molecule has 0 bridgehead atoms. The lowest BCUT2D eigenvalue weighted by Crippen LogP contribution is -2.36. The first kappa shape index (κ1) is 16.5. The molecule has 2 aliphatic heterocycles. The van der Waals surface area contributed by atoms with Gasteiger partial charge >= 0.3 is 0 Å².